The zero-order valence-corrected chi connectivity index (χ0v) is 19.6. The Morgan fingerprint density at radius 2 is 2.00 bits per heavy atom. The average Bonchev–Trinajstić information content (AvgIpc) is 3.15. The van der Waals surface area contributed by atoms with Crippen LogP contribution in [-0.4, -0.2) is 53.1 Å². The number of pyridine rings is 1. The Hall–Kier alpha value is -2.39. The molecule has 1 aromatic carbocycles. The molecule has 1 saturated heterocycles. The number of amides is 1. The number of aryl methyl sites for hydroxylation is 1. The van der Waals surface area contributed by atoms with Crippen LogP contribution in [0.3, 0.4) is 0 Å². The first-order valence-electron chi connectivity index (χ1n) is 9.39. The maximum atomic E-state index is 13.2. The maximum Gasteiger partial charge on any atom is 0.292 e. The Bertz CT molecular complexity index is 990. The monoisotopic (exact) mass is 504 g/mol. The number of hydrogen-bond acceptors (Lipinski definition) is 6. The standard InChI is InChI=1S/C21H21FN4O3.3ClH/c1-14-19(29-20(25-14)15-4-6-16(22)7-5-15)21(27)26-10-9-24-11-17(26)13-28-18-3-2-8-23-12-18;;;/h2-8,12,17,24H,9-11,13H2,1H3;3*1H. The van der Waals surface area contributed by atoms with Crippen molar-refractivity contribution in [2.75, 3.05) is 26.2 Å². The predicted molar refractivity (Wildman–Crippen MR) is 126 cm³/mol. The molecule has 0 radical (unpaired) electrons. The van der Waals surface area contributed by atoms with Gasteiger partial charge in [-0.3, -0.25) is 9.78 Å². The summed E-state index contributed by atoms with van der Waals surface area (Å²) in [6.07, 6.45) is 3.31. The first kappa shape index (κ1) is 27.6. The van der Waals surface area contributed by atoms with Crippen molar-refractivity contribution in [1.82, 2.24) is 20.2 Å². The number of carbonyl (C=O) groups excluding carboxylic acids is 1. The summed E-state index contributed by atoms with van der Waals surface area (Å²) in [4.78, 5) is 23.3. The fraction of sp³-hybridized carbons (Fsp3) is 0.286. The van der Waals surface area contributed by atoms with Gasteiger partial charge in [-0.05, 0) is 43.3 Å². The van der Waals surface area contributed by atoms with E-state index in [0.29, 0.717) is 49.1 Å². The van der Waals surface area contributed by atoms with Crippen LogP contribution in [0.15, 0.2) is 53.2 Å². The lowest BCUT2D eigenvalue weighted by molar-refractivity contribution is 0.0528. The van der Waals surface area contributed by atoms with Crippen LogP contribution < -0.4 is 10.1 Å². The van der Waals surface area contributed by atoms with Crippen molar-refractivity contribution in [3.8, 4) is 17.2 Å². The molecule has 11 heteroatoms. The summed E-state index contributed by atoms with van der Waals surface area (Å²) in [6, 6.07) is 9.28. The van der Waals surface area contributed by atoms with Crippen LogP contribution in [0.4, 0.5) is 4.39 Å². The van der Waals surface area contributed by atoms with Crippen LogP contribution in [0.1, 0.15) is 16.2 Å². The molecule has 1 fully saturated rings. The molecular formula is C21H24Cl3FN4O3. The molecule has 0 spiro atoms. The van der Waals surface area contributed by atoms with Crippen molar-refractivity contribution in [2.45, 2.75) is 13.0 Å². The van der Waals surface area contributed by atoms with Crippen LogP contribution in [0.5, 0.6) is 5.75 Å². The normalized spacial score (nSPS) is 15.1. The zero-order valence-electron chi connectivity index (χ0n) is 17.2. The van der Waals surface area contributed by atoms with E-state index in [1.807, 2.05) is 6.07 Å². The Morgan fingerprint density at radius 1 is 1.25 bits per heavy atom. The van der Waals surface area contributed by atoms with Gasteiger partial charge in [-0.2, -0.15) is 0 Å². The summed E-state index contributed by atoms with van der Waals surface area (Å²) in [5.41, 5.74) is 1.12. The molecule has 2 aromatic heterocycles. The van der Waals surface area contributed by atoms with E-state index in [1.54, 1.807) is 42.4 Å². The number of oxazole rings is 1. The fourth-order valence-electron chi connectivity index (χ4n) is 3.24. The van der Waals surface area contributed by atoms with E-state index < -0.39 is 0 Å². The van der Waals surface area contributed by atoms with Gasteiger partial charge in [0, 0.05) is 31.4 Å². The van der Waals surface area contributed by atoms with Crippen LogP contribution in [0.2, 0.25) is 0 Å². The predicted octanol–water partition coefficient (Wildman–Crippen LogP) is 3.94. The smallest absolute Gasteiger partial charge is 0.292 e. The fourth-order valence-corrected chi connectivity index (χ4v) is 3.24. The third kappa shape index (κ3) is 6.32. The Morgan fingerprint density at radius 3 is 2.69 bits per heavy atom. The second-order valence-electron chi connectivity index (χ2n) is 6.80. The average molecular weight is 506 g/mol. The lowest BCUT2D eigenvalue weighted by Gasteiger charge is -2.35. The molecule has 1 atom stereocenters. The minimum atomic E-state index is -0.342. The number of halogens is 4. The van der Waals surface area contributed by atoms with Crippen molar-refractivity contribution < 1.29 is 18.3 Å². The largest absolute Gasteiger partial charge is 0.490 e. The lowest BCUT2D eigenvalue weighted by atomic mass is 10.2. The quantitative estimate of drug-likeness (QED) is 0.566. The molecule has 1 aliphatic heterocycles. The summed E-state index contributed by atoms with van der Waals surface area (Å²) in [5.74, 6) is 0.567. The van der Waals surface area contributed by atoms with E-state index in [2.05, 4.69) is 15.3 Å². The summed E-state index contributed by atoms with van der Waals surface area (Å²) in [7, 11) is 0. The van der Waals surface area contributed by atoms with E-state index in [4.69, 9.17) is 9.15 Å². The van der Waals surface area contributed by atoms with E-state index in [1.165, 1.54) is 12.1 Å². The summed E-state index contributed by atoms with van der Waals surface area (Å²) in [6.45, 7) is 3.90. The van der Waals surface area contributed by atoms with Crippen LogP contribution in [0, 0.1) is 12.7 Å². The number of nitrogens with zero attached hydrogens (tertiary/aromatic N) is 3. The number of benzene rings is 1. The number of piperazine rings is 1. The molecule has 174 valence electrons. The molecule has 4 rings (SSSR count). The molecule has 3 heterocycles. The number of hydrogen-bond donors (Lipinski definition) is 1. The maximum absolute atomic E-state index is 13.2. The highest BCUT2D eigenvalue weighted by atomic mass is 35.5. The molecule has 0 aliphatic carbocycles. The van der Waals surface area contributed by atoms with Crippen molar-refractivity contribution in [3.63, 3.8) is 0 Å². The van der Waals surface area contributed by atoms with E-state index >= 15 is 0 Å². The van der Waals surface area contributed by atoms with E-state index in [-0.39, 0.29) is 60.7 Å². The summed E-state index contributed by atoms with van der Waals surface area (Å²) >= 11 is 0. The highest BCUT2D eigenvalue weighted by molar-refractivity contribution is 5.93. The van der Waals surface area contributed by atoms with Gasteiger partial charge < -0.3 is 19.4 Å². The Balaban J connectivity index is 0.00000171. The van der Waals surface area contributed by atoms with E-state index in [9.17, 15) is 9.18 Å². The number of nitrogens with one attached hydrogen (secondary N) is 1. The number of ether oxygens (including phenoxy) is 1. The van der Waals surface area contributed by atoms with Crippen LogP contribution in [0.25, 0.3) is 11.5 Å². The van der Waals surface area contributed by atoms with Gasteiger partial charge in [0.1, 0.15) is 18.2 Å². The summed E-state index contributed by atoms with van der Waals surface area (Å²) in [5, 5.41) is 3.29. The minimum Gasteiger partial charge on any atom is -0.490 e. The van der Waals surface area contributed by atoms with Crippen LogP contribution >= 0.6 is 37.2 Å². The topological polar surface area (TPSA) is 80.5 Å². The summed E-state index contributed by atoms with van der Waals surface area (Å²) < 4.78 is 24.7. The zero-order chi connectivity index (χ0) is 20.2. The number of carbonyl (C=O) groups is 1. The highest BCUT2D eigenvalue weighted by Crippen LogP contribution is 2.24. The lowest BCUT2D eigenvalue weighted by Crippen LogP contribution is -2.56. The Kier molecular flexibility index (Phi) is 10.9. The minimum absolute atomic E-state index is 0. The van der Waals surface area contributed by atoms with E-state index in [0.717, 1.165) is 0 Å². The van der Waals surface area contributed by atoms with Crippen molar-refractivity contribution in [1.29, 1.82) is 0 Å². The van der Waals surface area contributed by atoms with Gasteiger partial charge >= 0.3 is 0 Å². The third-order valence-electron chi connectivity index (χ3n) is 4.77. The van der Waals surface area contributed by atoms with Crippen molar-refractivity contribution in [3.05, 3.63) is 66.1 Å². The second-order valence-corrected chi connectivity index (χ2v) is 6.80. The van der Waals surface area contributed by atoms with Crippen LogP contribution in [-0.2, 0) is 0 Å². The number of rotatable bonds is 5. The molecule has 1 amide bonds. The SMILES string of the molecule is Cc1nc(-c2ccc(F)cc2)oc1C(=O)N1CCNCC1COc1cccnc1.Cl.Cl.Cl. The van der Waals surface area contributed by atoms with Crippen molar-refractivity contribution >= 4 is 43.1 Å². The second kappa shape index (κ2) is 12.6. The number of aromatic nitrogens is 2. The molecule has 0 saturated carbocycles. The molecule has 0 bridgehead atoms. The van der Waals surface area contributed by atoms with Gasteiger partial charge in [0.05, 0.1) is 17.9 Å². The molecular weight excluding hydrogens is 482 g/mol. The molecule has 1 aliphatic rings. The van der Waals surface area contributed by atoms with Gasteiger partial charge in [0.2, 0.25) is 11.7 Å². The van der Waals surface area contributed by atoms with Gasteiger partial charge in [-0.1, -0.05) is 0 Å². The molecule has 1 N–H and O–H groups in total. The van der Waals surface area contributed by atoms with Gasteiger partial charge in [-0.15, -0.1) is 37.2 Å². The Labute approximate surface area is 204 Å². The first-order valence-corrected chi connectivity index (χ1v) is 9.39. The third-order valence-corrected chi connectivity index (χ3v) is 4.77. The van der Waals surface area contributed by atoms with Gasteiger partial charge in [0.25, 0.3) is 5.91 Å². The first-order chi connectivity index (χ1) is 14.1. The molecule has 1 unspecified atom stereocenters. The molecule has 32 heavy (non-hydrogen) atoms. The highest BCUT2D eigenvalue weighted by Gasteiger charge is 2.31. The van der Waals surface area contributed by atoms with Crippen molar-refractivity contribution in [2.24, 2.45) is 0 Å². The molecule has 3 aromatic rings. The molecule has 7 nitrogen and oxygen atoms in total. The van der Waals surface area contributed by atoms with Gasteiger partial charge in [0.15, 0.2) is 0 Å². The van der Waals surface area contributed by atoms with Gasteiger partial charge in [-0.25, -0.2) is 9.37 Å².